The van der Waals surface area contributed by atoms with Crippen LogP contribution in [0.2, 0.25) is 5.02 Å². The number of carbonyl (C=O) groups excluding carboxylic acids is 1. The van der Waals surface area contributed by atoms with Gasteiger partial charge in [-0.1, -0.05) is 18.0 Å². The van der Waals surface area contributed by atoms with Crippen molar-refractivity contribution >= 4 is 25.1 Å². The summed E-state index contributed by atoms with van der Waals surface area (Å²) in [6, 6.07) is 5.87. The third kappa shape index (κ3) is 6.17. The molecule has 1 aromatic rings. The second-order valence-corrected chi connectivity index (χ2v) is 8.51. The normalized spacial score (nSPS) is 19.6. The van der Waals surface area contributed by atoms with Gasteiger partial charge in [-0.25, -0.2) is 5.09 Å². The molecule has 0 aliphatic heterocycles. The van der Waals surface area contributed by atoms with Gasteiger partial charge in [-0.3, -0.25) is 9.36 Å². The van der Waals surface area contributed by atoms with E-state index in [0.29, 0.717) is 10.8 Å². The quantitative estimate of drug-likeness (QED) is 0.602. The maximum Gasteiger partial charge on any atom is 0.323 e. The van der Waals surface area contributed by atoms with Crippen LogP contribution in [0.3, 0.4) is 0 Å². The van der Waals surface area contributed by atoms with E-state index in [-0.39, 0.29) is 6.10 Å². The van der Waals surface area contributed by atoms with Gasteiger partial charge in [0, 0.05) is 11.7 Å². The van der Waals surface area contributed by atoms with Crippen molar-refractivity contribution in [2.45, 2.75) is 51.2 Å². The van der Waals surface area contributed by atoms with Crippen LogP contribution in [0.5, 0.6) is 5.75 Å². The lowest BCUT2D eigenvalue weighted by molar-refractivity contribution is -0.152. The number of hydrogen-bond acceptors (Lipinski definition) is 4. The summed E-state index contributed by atoms with van der Waals surface area (Å²) >= 11 is 5.80. The Labute approximate surface area is 142 Å². The van der Waals surface area contributed by atoms with Crippen molar-refractivity contribution in [3.8, 4) is 5.75 Å². The minimum atomic E-state index is -3.19. The molecule has 0 spiro atoms. The molecular formula is C16H23ClNO4P. The van der Waals surface area contributed by atoms with Crippen LogP contribution in [0.4, 0.5) is 0 Å². The lowest BCUT2D eigenvalue weighted by atomic mass is 9.98. The van der Waals surface area contributed by atoms with E-state index in [0.717, 1.165) is 25.7 Å². The minimum absolute atomic E-state index is 0.0195. The molecular weight excluding hydrogens is 337 g/mol. The van der Waals surface area contributed by atoms with Crippen LogP contribution < -0.4 is 9.61 Å². The third-order valence-electron chi connectivity index (χ3n) is 3.71. The smallest absolute Gasteiger partial charge is 0.323 e. The lowest BCUT2D eigenvalue weighted by Gasteiger charge is -2.25. The first-order valence-corrected chi connectivity index (χ1v) is 10.3. The van der Waals surface area contributed by atoms with Crippen molar-refractivity contribution in [1.29, 1.82) is 0 Å². The van der Waals surface area contributed by atoms with Crippen molar-refractivity contribution in [3.05, 3.63) is 29.3 Å². The van der Waals surface area contributed by atoms with E-state index in [4.69, 9.17) is 20.9 Å². The summed E-state index contributed by atoms with van der Waals surface area (Å²) in [5.41, 5.74) is 0. The zero-order chi connectivity index (χ0) is 16.9. The standard InChI is InChI=1S/C16H23ClNO4P/c1-12(16(19)21-14-6-4-3-5-7-14)18-23(2,20)22-15-10-8-13(17)9-11-15/h8-12,14H,3-7H2,1-2H3,(H,18,20)/t12-,23?/m0/s1. The summed E-state index contributed by atoms with van der Waals surface area (Å²) < 4.78 is 23.4. The molecule has 2 atom stereocenters. The second-order valence-electron chi connectivity index (χ2n) is 5.94. The molecule has 1 aliphatic rings. The Kier molecular flexibility index (Phi) is 6.51. The molecule has 0 bridgehead atoms. The van der Waals surface area contributed by atoms with Gasteiger partial charge in [0.25, 0.3) is 0 Å². The average Bonchev–Trinajstić information content (AvgIpc) is 2.50. The van der Waals surface area contributed by atoms with Crippen molar-refractivity contribution in [2.24, 2.45) is 0 Å². The highest BCUT2D eigenvalue weighted by Gasteiger charge is 2.27. The molecule has 1 aliphatic carbocycles. The van der Waals surface area contributed by atoms with Gasteiger partial charge in [0.2, 0.25) is 0 Å². The molecule has 1 fully saturated rings. The summed E-state index contributed by atoms with van der Waals surface area (Å²) in [5.74, 6) is 0.0410. The van der Waals surface area contributed by atoms with E-state index in [9.17, 15) is 9.36 Å². The van der Waals surface area contributed by atoms with Gasteiger partial charge in [-0.15, -0.1) is 0 Å². The number of esters is 1. The molecule has 128 valence electrons. The fraction of sp³-hybridized carbons (Fsp3) is 0.562. The zero-order valence-corrected chi connectivity index (χ0v) is 15.1. The predicted molar refractivity (Wildman–Crippen MR) is 91.2 cm³/mol. The maximum atomic E-state index is 12.5. The average molecular weight is 360 g/mol. The van der Waals surface area contributed by atoms with Gasteiger partial charge in [0.05, 0.1) is 0 Å². The number of hydrogen-bond donors (Lipinski definition) is 1. The highest BCUT2D eigenvalue weighted by atomic mass is 35.5. The largest absolute Gasteiger partial charge is 0.461 e. The monoisotopic (exact) mass is 359 g/mol. The van der Waals surface area contributed by atoms with E-state index >= 15 is 0 Å². The second kappa shape index (κ2) is 8.18. The molecule has 0 aromatic heterocycles. The maximum absolute atomic E-state index is 12.5. The Morgan fingerprint density at radius 2 is 1.87 bits per heavy atom. The first kappa shape index (κ1) is 18.3. The summed E-state index contributed by atoms with van der Waals surface area (Å²) in [5, 5.41) is 3.30. The first-order chi connectivity index (χ1) is 10.9. The number of ether oxygens (including phenoxy) is 1. The SMILES string of the molecule is C[C@H](NP(C)(=O)Oc1ccc(Cl)cc1)C(=O)OC1CCCCC1. The number of nitrogens with one attached hydrogen (secondary N) is 1. The van der Waals surface area contributed by atoms with Gasteiger partial charge in [-0.2, -0.15) is 0 Å². The molecule has 23 heavy (non-hydrogen) atoms. The van der Waals surface area contributed by atoms with Gasteiger partial charge < -0.3 is 9.26 Å². The minimum Gasteiger partial charge on any atom is -0.461 e. The van der Waals surface area contributed by atoms with Crippen LogP contribution in [0.25, 0.3) is 0 Å². The number of benzene rings is 1. The summed E-state index contributed by atoms with van der Waals surface area (Å²) in [4.78, 5) is 12.1. The van der Waals surface area contributed by atoms with Crippen LogP contribution >= 0.6 is 19.1 Å². The zero-order valence-electron chi connectivity index (χ0n) is 13.5. The fourth-order valence-electron chi connectivity index (χ4n) is 2.58. The van der Waals surface area contributed by atoms with Crippen LogP contribution in [0.1, 0.15) is 39.0 Å². The van der Waals surface area contributed by atoms with Crippen molar-refractivity contribution < 1.29 is 18.6 Å². The molecule has 0 saturated heterocycles. The topological polar surface area (TPSA) is 64.6 Å². The van der Waals surface area contributed by atoms with Crippen LogP contribution in [0.15, 0.2) is 24.3 Å². The Balaban J connectivity index is 1.86. The Morgan fingerprint density at radius 1 is 1.26 bits per heavy atom. The summed E-state index contributed by atoms with van der Waals surface area (Å²) in [7, 11) is -3.19. The van der Waals surface area contributed by atoms with Crippen molar-refractivity contribution in [2.75, 3.05) is 6.66 Å². The van der Waals surface area contributed by atoms with E-state index in [2.05, 4.69) is 5.09 Å². The first-order valence-electron chi connectivity index (χ1n) is 7.87. The molecule has 1 aromatic carbocycles. The molecule has 0 heterocycles. The Morgan fingerprint density at radius 3 is 2.48 bits per heavy atom. The van der Waals surface area contributed by atoms with Crippen molar-refractivity contribution in [1.82, 2.24) is 5.09 Å². The van der Waals surface area contributed by atoms with Gasteiger partial charge in [0.1, 0.15) is 17.9 Å². The van der Waals surface area contributed by atoms with Crippen LogP contribution in [0, 0.1) is 0 Å². The third-order valence-corrected chi connectivity index (χ3v) is 5.38. The van der Waals surface area contributed by atoms with E-state index in [1.165, 1.54) is 13.1 Å². The highest BCUT2D eigenvalue weighted by molar-refractivity contribution is 7.56. The predicted octanol–water partition coefficient (Wildman–Crippen LogP) is 4.40. The molecule has 2 rings (SSSR count). The number of rotatable bonds is 6. The lowest BCUT2D eigenvalue weighted by Crippen LogP contribution is -2.36. The summed E-state index contributed by atoms with van der Waals surface area (Å²) in [6.45, 7) is 3.07. The molecule has 5 nitrogen and oxygen atoms in total. The number of carbonyl (C=O) groups is 1. The molecule has 1 unspecified atom stereocenters. The van der Waals surface area contributed by atoms with Gasteiger partial charge in [0.15, 0.2) is 0 Å². The Bertz CT molecular complexity index is 572. The molecule has 0 amide bonds. The molecule has 7 heteroatoms. The molecule has 0 radical (unpaired) electrons. The fourth-order valence-corrected chi connectivity index (χ4v) is 4.09. The van der Waals surface area contributed by atoms with E-state index in [1.807, 2.05) is 0 Å². The van der Waals surface area contributed by atoms with E-state index < -0.39 is 19.5 Å². The van der Waals surface area contributed by atoms with Crippen LogP contribution in [-0.2, 0) is 14.1 Å². The number of halogens is 1. The van der Waals surface area contributed by atoms with Crippen LogP contribution in [-0.4, -0.2) is 24.8 Å². The van der Waals surface area contributed by atoms with E-state index in [1.54, 1.807) is 31.2 Å². The summed E-state index contributed by atoms with van der Waals surface area (Å²) in [6.07, 6.45) is 5.17. The van der Waals surface area contributed by atoms with Crippen molar-refractivity contribution in [3.63, 3.8) is 0 Å². The highest BCUT2D eigenvalue weighted by Crippen LogP contribution is 2.39. The van der Waals surface area contributed by atoms with Gasteiger partial charge >= 0.3 is 13.5 Å². The van der Waals surface area contributed by atoms with Gasteiger partial charge in [-0.05, 0) is 56.9 Å². The molecule has 1 saturated carbocycles. The molecule has 1 N–H and O–H groups in total. The Hall–Kier alpha value is -1.03.